The van der Waals surface area contributed by atoms with Crippen molar-refractivity contribution in [2.45, 2.75) is 51.7 Å². The average Bonchev–Trinajstić information content (AvgIpc) is 2.60. The van der Waals surface area contributed by atoms with E-state index in [0.29, 0.717) is 24.3 Å². The first-order valence-electron chi connectivity index (χ1n) is 8.48. The number of fused-ring (bicyclic) bond motifs is 1. The summed E-state index contributed by atoms with van der Waals surface area (Å²) in [5.74, 6) is 0.843. The van der Waals surface area contributed by atoms with Crippen molar-refractivity contribution in [3.63, 3.8) is 0 Å². The van der Waals surface area contributed by atoms with Crippen molar-refractivity contribution in [2.24, 2.45) is 0 Å². The van der Waals surface area contributed by atoms with Crippen LogP contribution in [0.25, 0.3) is 0 Å². The third kappa shape index (κ3) is 3.24. The minimum Gasteiger partial charge on any atom is -0.487 e. The number of carbonyl (C=O) groups excluding carboxylic acids is 2. The Morgan fingerprint density at radius 3 is 2.87 bits per heavy atom. The third-order valence-electron chi connectivity index (χ3n) is 4.53. The minimum atomic E-state index is -0.111. The molecule has 0 spiro atoms. The van der Waals surface area contributed by atoms with Gasteiger partial charge in [-0.05, 0) is 44.5 Å². The molecule has 1 aromatic carbocycles. The van der Waals surface area contributed by atoms with Crippen molar-refractivity contribution < 1.29 is 14.3 Å². The number of piperidine rings is 1. The monoisotopic (exact) mass is 316 g/mol. The molecule has 2 aliphatic heterocycles. The maximum Gasteiger partial charge on any atom is 0.226 e. The molecule has 1 saturated heterocycles. The van der Waals surface area contributed by atoms with Crippen LogP contribution in [-0.4, -0.2) is 36.9 Å². The molecular weight excluding hydrogens is 292 g/mol. The molecule has 1 fully saturated rings. The summed E-state index contributed by atoms with van der Waals surface area (Å²) in [6.45, 7) is 5.22. The molecule has 1 amide bonds. The number of hydrogen-bond acceptors (Lipinski definition) is 4. The molecule has 0 bridgehead atoms. The maximum atomic E-state index is 12.7. The number of rotatable bonds is 3. The molecule has 23 heavy (non-hydrogen) atoms. The van der Waals surface area contributed by atoms with Gasteiger partial charge >= 0.3 is 0 Å². The number of ether oxygens (including phenoxy) is 1. The SMILES string of the molecule is CCC(=O)N1CC(C)Oc2ccc(C(=O)C3CCCCN3)cc21. The van der Waals surface area contributed by atoms with E-state index >= 15 is 0 Å². The van der Waals surface area contributed by atoms with Crippen LogP contribution in [0.1, 0.15) is 49.9 Å². The fourth-order valence-corrected chi connectivity index (χ4v) is 3.29. The van der Waals surface area contributed by atoms with Crippen molar-refractivity contribution in [2.75, 3.05) is 18.0 Å². The molecule has 0 radical (unpaired) electrons. The number of nitrogens with one attached hydrogen (secondary N) is 1. The van der Waals surface area contributed by atoms with Gasteiger partial charge in [-0.3, -0.25) is 9.59 Å². The van der Waals surface area contributed by atoms with Gasteiger partial charge in [-0.2, -0.15) is 0 Å². The third-order valence-corrected chi connectivity index (χ3v) is 4.53. The van der Waals surface area contributed by atoms with E-state index in [9.17, 15) is 9.59 Å². The summed E-state index contributed by atoms with van der Waals surface area (Å²) >= 11 is 0. The van der Waals surface area contributed by atoms with Gasteiger partial charge in [0, 0.05) is 12.0 Å². The quantitative estimate of drug-likeness (QED) is 0.871. The second kappa shape index (κ2) is 6.71. The van der Waals surface area contributed by atoms with Gasteiger partial charge < -0.3 is 15.0 Å². The predicted octanol–water partition coefficient (Wildman–Crippen LogP) is 2.54. The van der Waals surface area contributed by atoms with Crippen molar-refractivity contribution in [3.8, 4) is 5.75 Å². The molecule has 2 heterocycles. The van der Waals surface area contributed by atoms with Gasteiger partial charge in [0.1, 0.15) is 11.9 Å². The maximum absolute atomic E-state index is 12.7. The number of benzene rings is 1. The van der Waals surface area contributed by atoms with Gasteiger partial charge in [-0.25, -0.2) is 0 Å². The highest BCUT2D eigenvalue weighted by molar-refractivity contribution is 6.03. The fraction of sp³-hybridized carbons (Fsp3) is 0.556. The summed E-state index contributed by atoms with van der Waals surface area (Å²) in [7, 11) is 0. The molecule has 1 aromatic rings. The van der Waals surface area contributed by atoms with E-state index < -0.39 is 0 Å². The summed E-state index contributed by atoms with van der Waals surface area (Å²) in [5.41, 5.74) is 1.37. The topological polar surface area (TPSA) is 58.6 Å². The largest absolute Gasteiger partial charge is 0.487 e. The van der Waals surface area contributed by atoms with Crippen LogP contribution in [0.4, 0.5) is 5.69 Å². The van der Waals surface area contributed by atoms with E-state index in [1.807, 2.05) is 32.0 Å². The van der Waals surface area contributed by atoms with Crippen LogP contribution in [0.3, 0.4) is 0 Å². The molecule has 2 atom stereocenters. The van der Waals surface area contributed by atoms with Crippen LogP contribution >= 0.6 is 0 Å². The highest BCUT2D eigenvalue weighted by Crippen LogP contribution is 2.35. The van der Waals surface area contributed by atoms with Crippen LogP contribution in [0, 0.1) is 0 Å². The van der Waals surface area contributed by atoms with Gasteiger partial charge in [-0.1, -0.05) is 13.3 Å². The Bertz CT molecular complexity index is 608. The van der Waals surface area contributed by atoms with E-state index in [0.717, 1.165) is 31.5 Å². The number of nitrogens with zero attached hydrogens (tertiary/aromatic N) is 1. The minimum absolute atomic E-state index is 0.0421. The summed E-state index contributed by atoms with van der Waals surface area (Å²) in [4.78, 5) is 26.7. The first kappa shape index (κ1) is 16.0. The summed E-state index contributed by atoms with van der Waals surface area (Å²) < 4.78 is 5.82. The van der Waals surface area contributed by atoms with Crippen molar-refractivity contribution in [1.29, 1.82) is 0 Å². The number of carbonyl (C=O) groups is 2. The molecule has 0 saturated carbocycles. The predicted molar refractivity (Wildman–Crippen MR) is 89.1 cm³/mol. The van der Waals surface area contributed by atoms with Crippen LogP contribution in [0.5, 0.6) is 5.75 Å². The van der Waals surface area contributed by atoms with E-state index in [1.165, 1.54) is 0 Å². The summed E-state index contributed by atoms with van der Waals surface area (Å²) in [6, 6.07) is 5.33. The average molecular weight is 316 g/mol. The standard InChI is InChI=1S/C18H24N2O3/c1-3-17(21)20-11-12(2)23-16-8-7-13(10-15(16)20)18(22)14-6-4-5-9-19-14/h7-8,10,12,14,19H,3-6,9,11H2,1-2H3. The normalized spacial score (nSPS) is 23.8. The molecule has 2 unspecified atom stereocenters. The zero-order valence-electron chi connectivity index (χ0n) is 13.8. The molecule has 5 nitrogen and oxygen atoms in total. The van der Waals surface area contributed by atoms with Gasteiger partial charge in [-0.15, -0.1) is 0 Å². The number of ketones is 1. The van der Waals surface area contributed by atoms with Crippen LogP contribution < -0.4 is 15.0 Å². The molecule has 124 valence electrons. The smallest absolute Gasteiger partial charge is 0.226 e. The van der Waals surface area contributed by atoms with Gasteiger partial charge in [0.25, 0.3) is 0 Å². The Kier molecular flexibility index (Phi) is 4.66. The van der Waals surface area contributed by atoms with Crippen LogP contribution in [0.2, 0.25) is 0 Å². The van der Waals surface area contributed by atoms with E-state index in [4.69, 9.17) is 4.74 Å². The van der Waals surface area contributed by atoms with Gasteiger partial charge in [0.05, 0.1) is 18.3 Å². The highest BCUT2D eigenvalue weighted by atomic mass is 16.5. The second-order valence-electron chi connectivity index (χ2n) is 6.34. The van der Waals surface area contributed by atoms with E-state index in [1.54, 1.807) is 4.90 Å². The lowest BCUT2D eigenvalue weighted by molar-refractivity contribution is -0.118. The molecule has 3 rings (SSSR count). The van der Waals surface area contributed by atoms with Crippen molar-refractivity contribution >= 4 is 17.4 Å². The second-order valence-corrected chi connectivity index (χ2v) is 6.34. The molecule has 0 aliphatic carbocycles. The van der Waals surface area contributed by atoms with Gasteiger partial charge in [0.15, 0.2) is 5.78 Å². The van der Waals surface area contributed by atoms with Gasteiger partial charge in [0.2, 0.25) is 5.91 Å². The number of anilines is 1. The Labute approximate surface area is 137 Å². The van der Waals surface area contributed by atoms with Crippen LogP contribution in [0.15, 0.2) is 18.2 Å². The zero-order chi connectivity index (χ0) is 16.4. The number of hydrogen-bond donors (Lipinski definition) is 1. The lowest BCUT2D eigenvalue weighted by Crippen LogP contribution is -2.43. The Morgan fingerprint density at radius 1 is 1.35 bits per heavy atom. The molecule has 0 aromatic heterocycles. The number of amides is 1. The molecule has 2 aliphatic rings. The highest BCUT2D eigenvalue weighted by Gasteiger charge is 2.29. The zero-order valence-corrected chi connectivity index (χ0v) is 13.8. The first-order valence-corrected chi connectivity index (χ1v) is 8.48. The molecule has 5 heteroatoms. The lowest BCUT2D eigenvalue weighted by atomic mass is 9.95. The number of Topliss-reactive ketones (excluding diaryl/α,β-unsaturated/α-hetero) is 1. The lowest BCUT2D eigenvalue weighted by Gasteiger charge is -2.34. The fourth-order valence-electron chi connectivity index (χ4n) is 3.29. The Balaban J connectivity index is 1.90. The van der Waals surface area contributed by atoms with Crippen molar-refractivity contribution in [3.05, 3.63) is 23.8 Å². The summed E-state index contributed by atoms with van der Waals surface area (Å²) in [6.07, 6.45) is 3.48. The Hall–Kier alpha value is -1.88. The molecule has 1 N–H and O–H groups in total. The Morgan fingerprint density at radius 2 is 2.17 bits per heavy atom. The van der Waals surface area contributed by atoms with Crippen molar-refractivity contribution in [1.82, 2.24) is 5.32 Å². The molecular formula is C18H24N2O3. The summed E-state index contributed by atoms with van der Waals surface area (Å²) in [5, 5.41) is 3.29. The van der Waals surface area contributed by atoms with E-state index in [-0.39, 0.29) is 23.8 Å². The van der Waals surface area contributed by atoms with Crippen LogP contribution in [-0.2, 0) is 4.79 Å². The first-order chi connectivity index (χ1) is 11.1. The van der Waals surface area contributed by atoms with E-state index in [2.05, 4.69) is 5.32 Å².